The molecule has 0 aromatic heterocycles. The van der Waals surface area contributed by atoms with Crippen molar-refractivity contribution in [1.82, 2.24) is 5.32 Å². The van der Waals surface area contributed by atoms with Crippen LogP contribution in [-0.4, -0.2) is 12.5 Å². The molecule has 0 saturated carbocycles. The first-order valence-corrected chi connectivity index (χ1v) is 8.51. The van der Waals surface area contributed by atoms with Crippen molar-refractivity contribution in [2.75, 3.05) is 11.9 Å². The molecule has 0 heterocycles. The van der Waals surface area contributed by atoms with Gasteiger partial charge in [-0.1, -0.05) is 62.7 Å². The van der Waals surface area contributed by atoms with E-state index in [2.05, 4.69) is 74.7 Å². The molecule has 0 atom stereocenters. The molecule has 0 aliphatic carbocycles. The minimum atomic E-state index is 0.0370. The lowest BCUT2D eigenvalue weighted by molar-refractivity contribution is -0.116. The van der Waals surface area contributed by atoms with Crippen LogP contribution in [0.3, 0.4) is 0 Å². The Balaban J connectivity index is 1.72. The minimum absolute atomic E-state index is 0.0370. The second-order valence-corrected chi connectivity index (χ2v) is 7.29. The summed E-state index contributed by atoms with van der Waals surface area (Å²) in [4.78, 5) is 12.0. The van der Waals surface area contributed by atoms with Crippen LogP contribution in [0, 0.1) is 6.92 Å². The van der Waals surface area contributed by atoms with E-state index >= 15 is 0 Å². The van der Waals surface area contributed by atoms with Gasteiger partial charge in [-0.3, -0.25) is 4.79 Å². The van der Waals surface area contributed by atoms with Gasteiger partial charge in [0.2, 0.25) is 5.91 Å². The summed E-state index contributed by atoms with van der Waals surface area (Å²) in [5.74, 6) is 0.0370. The van der Waals surface area contributed by atoms with Gasteiger partial charge in [0.25, 0.3) is 0 Å². The first-order valence-electron chi connectivity index (χ1n) is 8.51. The largest absolute Gasteiger partial charge is 0.326 e. The van der Waals surface area contributed by atoms with Gasteiger partial charge in [0.05, 0.1) is 0 Å². The summed E-state index contributed by atoms with van der Waals surface area (Å²) in [6.07, 6.45) is 0.465. The summed E-state index contributed by atoms with van der Waals surface area (Å²) in [5, 5.41) is 6.25. The maximum Gasteiger partial charge on any atom is 0.225 e. The molecule has 2 rings (SSSR count). The molecule has 3 heteroatoms. The third-order valence-electron chi connectivity index (χ3n) is 4.01. The molecule has 2 aromatic rings. The van der Waals surface area contributed by atoms with E-state index in [-0.39, 0.29) is 11.3 Å². The second-order valence-electron chi connectivity index (χ2n) is 7.29. The average Bonchev–Trinajstić information content (AvgIpc) is 2.53. The minimum Gasteiger partial charge on any atom is -0.326 e. The Kier molecular flexibility index (Phi) is 6.16. The Morgan fingerprint density at radius 3 is 2.17 bits per heavy atom. The highest BCUT2D eigenvalue weighted by Gasteiger charge is 2.13. The summed E-state index contributed by atoms with van der Waals surface area (Å²) in [6.45, 7) is 10.1. The fourth-order valence-electron chi connectivity index (χ4n) is 2.42. The van der Waals surface area contributed by atoms with Crippen LogP contribution in [0.5, 0.6) is 0 Å². The average molecular weight is 324 g/mol. The Bertz CT molecular complexity index is 652. The molecule has 0 radical (unpaired) electrons. The molecule has 0 saturated heterocycles. The number of rotatable bonds is 6. The number of carbonyl (C=O) groups excluding carboxylic acids is 1. The lowest BCUT2D eigenvalue weighted by Crippen LogP contribution is -2.21. The molecule has 1 amide bonds. The fraction of sp³-hybridized carbons (Fsp3) is 0.381. The number of nitrogens with one attached hydrogen (secondary N) is 2. The fourth-order valence-corrected chi connectivity index (χ4v) is 2.42. The van der Waals surface area contributed by atoms with E-state index in [0.29, 0.717) is 13.0 Å². The number of amides is 1. The van der Waals surface area contributed by atoms with Crippen LogP contribution in [0.15, 0.2) is 48.5 Å². The van der Waals surface area contributed by atoms with E-state index in [9.17, 15) is 4.79 Å². The predicted molar refractivity (Wildman–Crippen MR) is 101 cm³/mol. The number of hydrogen-bond donors (Lipinski definition) is 2. The number of benzene rings is 2. The van der Waals surface area contributed by atoms with Crippen LogP contribution in [0.1, 0.15) is 43.9 Å². The molecule has 0 unspecified atom stereocenters. The quantitative estimate of drug-likeness (QED) is 0.773. The van der Waals surface area contributed by atoms with Gasteiger partial charge in [-0.15, -0.1) is 0 Å². The maximum atomic E-state index is 12.0. The van der Waals surface area contributed by atoms with E-state index in [0.717, 1.165) is 12.2 Å². The second kappa shape index (κ2) is 8.11. The number of carbonyl (C=O) groups is 1. The van der Waals surface area contributed by atoms with Crippen LogP contribution >= 0.6 is 0 Å². The highest BCUT2D eigenvalue weighted by Crippen LogP contribution is 2.23. The molecule has 0 fully saturated rings. The maximum absolute atomic E-state index is 12.0. The highest BCUT2D eigenvalue weighted by atomic mass is 16.1. The lowest BCUT2D eigenvalue weighted by atomic mass is 9.87. The van der Waals surface area contributed by atoms with Crippen LogP contribution in [0.4, 0.5) is 5.69 Å². The molecule has 2 N–H and O–H groups in total. The molecule has 0 aliphatic rings. The Labute approximate surface area is 145 Å². The molecule has 0 spiro atoms. The zero-order valence-electron chi connectivity index (χ0n) is 15.1. The Morgan fingerprint density at radius 2 is 1.58 bits per heavy atom. The van der Waals surface area contributed by atoms with Crippen molar-refractivity contribution in [3.8, 4) is 0 Å². The summed E-state index contributed by atoms with van der Waals surface area (Å²) >= 11 is 0. The van der Waals surface area contributed by atoms with Crippen molar-refractivity contribution in [2.24, 2.45) is 0 Å². The zero-order chi connectivity index (χ0) is 17.6. The lowest BCUT2D eigenvalue weighted by Gasteiger charge is -2.19. The van der Waals surface area contributed by atoms with Crippen molar-refractivity contribution >= 4 is 11.6 Å². The first-order chi connectivity index (χ1) is 11.3. The molecule has 24 heavy (non-hydrogen) atoms. The van der Waals surface area contributed by atoms with Gasteiger partial charge in [-0.2, -0.15) is 0 Å². The Morgan fingerprint density at radius 1 is 0.958 bits per heavy atom. The van der Waals surface area contributed by atoms with E-state index < -0.39 is 0 Å². The normalized spacial score (nSPS) is 11.3. The van der Waals surface area contributed by atoms with Crippen LogP contribution in [0.2, 0.25) is 0 Å². The van der Waals surface area contributed by atoms with Crippen LogP contribution in [0.25, 0.3) is 0 Å². The molecular weight excluding hydrogens is 296 g/mol. The van der Waals surface area contributed by atoms with Crippen molar-refractivity contribution < 1.29 is 4.79 Å². The van der Waals surface area contributed by atoms with Gasteiger partial charge >= 0.3 is 0 Å². The summed E-state index contributed by atoms with van der Waals surface area (Å²) in [6, 6.07) is 16.5. The van der Waals surface area contributed by atoms with Crippen molar-refractivity contribution in [2.45, 2.75) is 46.1 Å². The van der Waals surface area contributed by atoms with Gasteiger partial charge in [0, 0.05) is 25.2 Å². The molecule has 3 nitrogen and oxygen atoms in total. The molecule has 128 valence electrons. The molecule has 0 bridgehead atoms. The topological polar surface area (TPSA) is 41.1 Å². The Hall–Kier alpha value is -2.13. The summed E-state index contributed by atoms with van der Waals surface area (Å²) in [7, 11) is 0. The SMILES string of the molecule is Cc1ccc(CNCCC(=O)Nc2ccc(C(C)(C)C)cc2)cc1. The standard InChI is InChI=1S/C21H28N2O/c1-16-5-7-17(8-6-16)15-22-14-13-20(24)23-19-11-9-18(10-12-19)21(2,3)4/h5-12,22H,13-15H2,1-4H3,(H,23,24). The molecule has 0 aliphatic heterocycles. The van der Waals surface area contributed by atoms with Gasteiger partial charge in [-0.05, 0) is 35.6 Å². The van der Waals surface area contributed by atoms with Gasteiger partial charge in [-0.25, -0.2) is 0 Å². The predicted octanol–water partition coefficient (Wildman–Crippen LogP) is 4.41. The van der Waals surface area contributed by atoms with Crippen molar-refractivity contribution in [3.05, 3.63) is 65.2 Å². The van der Waals surface area contributed by atoms with E-state index in [4.69, 9.17) is 0 Å². The van der Waals surface area contributed by atoms with E-state index in [1.54, 1.807) is 0 Å². The van der Waals surface area contributed by atoms with Gasteiger partial charge in [0.1, 0.15) is 0 Å². The molecular formula is C21H28N2O. The molecule has 2 aromatic carbocycles. The third kappa shape index (κ3) is 5.82. The summed E-state index contributed by atoms with van der Waals surface area (Å²) in [5.41, 5.74) is 4.74. The third-order valence-corrected chi connectivity index (χ3v) is 4.01. The first kappa shape index (κ1) is 18.2. The van der Waals surface area contributed by atoms with Crippen LogP contribution in [-0.2, 0) is 16.8 Å². The highest BCUT2D eigenvalue weighted by molar-refractivity contribution is 5.90. The summed E-state index contributed by atoms with van der Waals surface area (Å²) < 4.78 is 0. The number of anilines is 1. The van der Waals surface area contributed by atoms with Crippen molar-refractivity contribution in [1.29, 1.82) is 0 Å². The zero-order valence-corrected chi connectivity index (χ0v) is 15.1. The number of aryl methyl sites for hydroxylation is 1. The van der Waals surface area contributed by atoms with Crippen molar-refractivity contribution in [3.63, 3.8) is 0 Å². The van der Waals surface area contributed by atoms with Crippen LogP contribution < -0.4 is 10.6 Å². The van der Waals surface area contributed by atoms with E-state index in [1.165, 1.54) is 16.7 Å². The van der Waals surface area contributed by atoms with Gasteiger partial charge in [0.15, 0.2) is 0 Å². The smallest absolute Gasteiger partial charge is 0.225 e. The van der Waals surface area contributed by atoms with Gasteiger partial charge < -0.3 is 10.6 Å². The number of hydrogen-bond acceptors (Lipinski definition) is 2. The van der Waals surface area contributed by atoms with E-state index in [1.807, 2.05) is 12.1 Å². The monoisotopic (exact) mass is 324 g/mol.